The van der Waals surface area contributed by atoms with Crippen LogP contribution in [-0.4, -0.2) is 24.3 Å². The molecule has 0 aromatic heterocycles. The van der Waals surface area contributed by atoms with Gasteiger partial charge in [-0.25, -0.2) is 0 Å². The van der Waals surface area contributed by atoms with Crippen molar-refractivity contribution in [1.29, 1.82) is 0 Å². The van der Waals surface area contributed by atoms with Gasteiger partial charge in [-0.15, -0.1) is 0 Å². The predicted molar refractivity (Wildman–Crippen MR) is 118 cm³/mol. The highest BCUT2D eigenvalue weighted by Gasteiger charge is 2.22. The monoisotopic (exact) mass is 405 g/mol. The summed E-state index contributed by atoms with van der Waals surface area (Å²) in [5, 5.41) is 5.85. The van der Waals surface area contributed by atoms with Gasteiger partial charge in [0, 0.05) is 41.5 Å². The van der Waals surface area contributed by atoms with Gasteiger partial charge in [-0.2, -0.15) is 0 Å². The van der Waals surface area contributed by atoms with Crippen LogP contribution in [0.1, 0.15) is 55.3 Å². The molecule has 1 aliphatic heterocycles. The van der Waals surface area contributed by atoms with Crippen molar-refractivity contribution in [2.45, 2.75) is 44.9 Å². The number of nitrogens with one attached hydrogen (secondary N) is 2. The van der Waals surface area contributed by atoms with E-state index in [0.29, 0.717) is 29.9 Å². The molecule has 2 N–H and O–H groups in total. The van der Waals surface area contributed by atoms with Gasteiger partial charge in [0.25, 0.3) is 5.91 Å². The Kier molecular flexibility index (Phi) is 6.12. The van der Waals surface area contributed by atoms with E-state index in [0.717, 1.165) is 37.8 Å². The first-order valence-corrected chi connectivity index (χ1v) is 10.7. The van der Waals surface area contributed by atoms with Crippen molar-refractivity contribution >= 4 is 34.8 Å². The highest BCUT2D eigenvalue weighted by molar-refractivity contribution is 6.06. The molecule has 0 radical (unpaired) electrons. The molecule has 2 aromatic carbocycles. The molecule has 2 aromatic rings. The zero-order valence-corrected chi connectivity index (χ0v) is 17.0. The first kappa shape index (κ1) is 20.1. The van der Waals surface area contributed by atoms with Crippen molar-refractivity contribution in [1.82, 2.24) is 0 Å². The summed E-state index contributed by atoms with van der Waals surface area (Å²) < 4.78 is 0. The average molecular weight is 405 g/mol. The zero-order valence-electron chi connectivity index (χ0n) is 17.0. The number of anilines is 3. The largest absolute Gasteiger partial charge is 0.326 e. The standard InChI is InChI=1S/C24H27N3O3/c28-22-13-6-14-27(22)21-12-5-11-20(16-21)26-24(30)18-9-4-10-19(15-18)25-23(29)17-7-2-1-3-8-17/h4-5,9-12,15-17H,1-3,6-8,13-14H2,(H,25,29)(H,26,30). The number of hydrogen-bond acceptors (Lipinski definition) is 3. The molecular formula is C24H27N3O3. The highest BCUT2D eigenvalue weighted by atomic mass is 16.2. The smallest absolute Gasteiger partial charge is 0.255 e. The average Bonchev–Trinajstić information content (AvgIpc) is 3.20. The van der Waals surface area contributed by atoms with Crippen LogP contribution in [0.2, 0.25) is 0 Å². The van der Waals surface area contributed by atoms with Gasteiger partial charge in [-0.3, -0.25) is 14.4 Å². The molecule has 30 heavy (non-hydrogen) atoms. The lowest BCUT2D eigenvalue weighted by Crippen LogP contribution is -2.25. The first-order valence-electron chi connectivity index (χ1n) is 10.7. The van der Waals surface area contributed by atoms with Gasteiger partial charge in [0.1, 0.15) is 0 Å². The second kappa shape index (κ2) is 9.11. The van der Waals surface area contributed by atoms with Gasteiger partial charge < -0.3 is 15.5 Å². The Morgan fingerprint density at radius 3 is 2.33 bits per heavy atom. The molecule has 0 bridgehead atoms. The van der Waals surface area contributed by atoms with Crippen LogP contribution in [0.4, 0.5) is 17.1 Å². The fraction of sp³-hybridized carbons (Fsp3) is 0.375. The van der Waals surface area contributed by atoms with Crippen molar-refractivity contribution in [3.63, 3.8) is 0 Å². The topological polar surface area (TPSA) is 78.5 Å². The van der Waals surface area contributed by atoms with Crippen molar-refractivity contribution < 1.29 is 14.4 Å². The van der Waals surface area contributed by atoms with E-state index in [1.807, 2.05) is 18.2 Å². The SMILES string of the molecule is O=C(Nc1cccc(N2CCCC2=O)c1)c1cccc(NC(=O)C2CCCCC2)c1. The molecule has 6 heteroatoms. The maximum Gasteiger partial charge on any atom is 0.255 e. The van der Waals surface area contributed by atoms with E-state index in [1.165, 1.54) is 6.42 Å². The second-order valence-electron chi connectivity index (χ2n) is 8.06. The molecule has 156 valence electrons. The number of carbonyl (C=O) groups is 3. The van der Waals surface area contributed by atoms with Gasteiger partial charge in [-0.05, 0) is 55.7 Å². The first-order chi connectivity index (χ1) is 14.6. The van der Waals surface area contributed by atoms with E-state index in [-0.39, 0.29) is 23.6 Å². The summed E-state index contributed by atoms with van der Waals surface area (Å²) in [4.78, 5) is 39.0. The Balaban J connectivity index is 1.42. The third-order valence-corrected chi connectivity index (χ3v) is 5.86. The Bertz CT molecular complexity index is 950. The molecule has 0 unspecified atom stereocenters. The van der Waals surface area contributed by atoms with Gasteiger partial charge in [0.05, 0.1) is 0 Å². The number of carbonyl (C=O) groups excluding carboxylic acids is 3. The van der Waals surface area contributed by atoms with Crippen molar-refractivity contribution in [2.75, 3.05) is 22.1 Å². The summed E-state index contributed by atoms with van der Waals surface area (Å²) in [7, 11) is 0. The van der Waals surface area contributed by atoms with Gasteiger partial charge in [0.15, 0.2) is 0 Å². The van der Waals surface area contributed by atoms with Gasteiger partial charge >= 0.3 is 0 Å². The molecule has 6 nitrogen and oxygen atoms in total. The van der Waals surface area contributed by atoms with Crippen LogP contribution in [0.3, 0.4) is 0 Å². The molecule has 2 aliphatic rings. The molecule has 1 aliphatic carbocycles. The Labute approximate surface area is 176 Å². The zero-order chi connectivity index (χ0) is 20.9. The molecule has 2 fully saturated rings. The summed E-state index contributed by atoms with van der Waals surface area (Å²) in [5.74, 6) is -0.0453. The van der Waals surface area contributed by atoms with Crippen LogP contribution < -0.4 is 15.5 Å². The summed E-state index contributed by atoms with van der Waals surface area (Å²) >= 11 is 0. The van der Waals surface area contributed by atoms with Crippen LogP contribution >= 0.6 is 0 Å². The minimum atomic E-state index is -0.256. The number of benzene rings is 2. The lowest BCUT2D eigenvalue weighted by molar-refractivity contribution is -0.120. The highest BCUT2D eigenvalue weighted by Crippen LogP contribution is 2.26. The van der Waals surface area contributed by atoms with E-state index in [1.54, 1.807) is 35.2 Å². The van der Waals surface area contributed by atoms with E-state index < -0.39 is 0 Å². The Morgan fingerprint density at radius 2 is 1.60 bits per heavy atom. The number of hydrogen-bond donors (Lipinski definition) is 2. The van der Waals surface area contributed by atoms with Crippen LogP contribution in [-0.2, 0) is 9.59 Å². The Hall–Kier alpha value is -3.15. The predicted octanol–water partition coefficient (Wildman–Crippen LogP) is 4.58. The molecule has 3 amide bonds. The second-order valence-corrected chi connectivity index (χ2v) is 8.06. The van der Waals surface area contributed by atoms with Crippen molar-refractivity contribution in [3.05, 3.63) is 54.1 Å². The van der Waals surface area contributed by atoms with E-state index >= 15 is 0 Å². The van der Waals surface area contributed by atoms with E-state index in [4.69, 9.17) is 0 Å². The third-order valence-electron chi connectivity index (χ3n) is 5.86. The lowest BCUT2D eigenvalue weighted by Gasteiger charge is -2.20. The van der Waals surface area contributed by atoms with Crippen molar-refractivity contribution in [3.8, 4) is 0 Å². The van der Waals surface area contributed by atoms with Gasteiger partial charge in [-0.1, -0.05) is 31.4 Å². The summed E-state index contributed by atoms with van der Waals surface area (Å²) in [6.45, 7) is 0.707. The fourth-order valence-electron chi connectivity index (χ4n) is 4.22. The molecule has 1 heterocycles. The molecule has 1 saturated heterocycles. The quantitative estimate of drug-likeness (QED) is 0.764. The van der Waals surface area contributed by atoms with Gasteiger partial charge in [0.2, 0.25) is 11.8 Å². The van der Waals surface area contributed by atoms with Crippen LogP contribution in [0, 0.1) is 5.92 Å². The van der Waals surface area contributed by atoms with Crippen molar-refractivity contribution in [2.24, 2.45) is 5.92 Å². The number of nitrogens with zero attached hydrogens (tertiary/aromatic N) is 1. The lowest BCUT2D eigenvalue weighted by atomic mass is 9.88. The van der Waals surface area contributed by atoms with E-state index in [9.17, 15) is 14.4 Å². The molecular weight excluding hydrogens is 378 g/mol. The third kappa shape index (κ3) is 4.70. The number of rotatable bonds is 5. The van der Waals surface area contributed by atoms with Crippen LogP contribution in [0.25, 0.3) is 0 Å². The summed E-state index contributed by atoms with van der Waals surface area (Å²) in [6.07, 6.45) is 6.69. The molecule has 0 atom stereocenters. The molecule has 4 rings (SSSR count). The fourth-order valence-corrected chi connectivity index (χ4v) is 4.22. The normalized spacial score (nSPS) is 17.1. The summed E-state index contributed by atoms with van der Waals surface area (Å²) in [6, 6.07) is 14.3. The maximum absolute atomic E-state index is 12.7. The van der Waals surface area contributed by atoms with E-state index in [2.05, 4.69) is 10.6 Å². The minimum absolute atomic E-state index is 0.0373. The number of amides is 3. The minimum Gasteiger partial charge on any atom is -0.326 e. The van der Waals surface area contributed by atoms with Crippen LogP contribution in [0.5, 0.6) is 0 Å². The maximum atomic E-state index is 12.7. The van der Waals surface area contributed by atoms with Crippen LogP contribution in [0.15, 0.2) is 48.5 Å². The summed E-state index contributed by atoms with van der Waals surface area (Å²) in [5.41, 5.74) is 2.53. The molecule has 1 saturated carbocycles. The Morgan fingerprint density at radius 1 is 0.867 bits per heavy atom. The molecule has 0 spiro atoms.